The zero-order chi connectivity index (χ0) is 22.1. The first-order valence-corrected chi connectivity index (χ1v) is 10.0. The Morgan fingerprint density at radius 3 is 2.67 bits per heavy atom. The van der Waals surface area contributed by atoms with Crippen LogP contribution in [-0.4, -0.2) is 57.6 Å². The second-order valence-corrected chi connectivity index (χ2v) is 7.47. The highest BCUT2D eigenvalue weighted by Crippen LogP contribution is 2.24. The Hall–Kier alpha value is -2.51. The summed E-state index contributed by atoms with van der Waals surface area (Å²) in [6, 6.07) is 7.63. The van der Waals surface area contributed by atoms with Gasteiger partial charge >= 0.3 is 6.09 Å². The summed E-state index contributed by atoms with van der Waals surface area (Å²) in [5.74, 6) is -0.334. The second-order valence-electron chi connectivity index (χ2n) is 7.47. The molecule has 0 aromatic heterocycles. The van der Waals surface area contributed by atoms with Crippen molar-refractivity contribution in [2.24, 2.45) is 0 Å². The monoisotopic (exact) mass is 421 g/mol. The molecule has 1 heterocycles. The summed E-state index contributed by atoms with van der Waals surface area (Å²) in [5, 5.41) is 0. The first-order chi connectivity index (χ1) is 14.3. The summed E-state index contributed by atoms with van der Waals surface area (Å²) in [6.45, 7) is 7.19. The van der Waals surface area contributed by atoms with Crippen LogP contribution in [0.25, 0.3) is 5.57 Å². The van der Waals surface area contributed by atoms with Gasteiger partial charge in [-0.2, -0.15) is 0 Å². The lowest BCUT2D eigenvalue weighted by atomic mass is 10.0. The number of halogens is 2. The van der Waals surface area contributed by atoms with Crippen LogP contribution in [-0.2, 0) is 16.0 Å². The molecule has 1 fully saturated rings. The van der Waals surface area contributed by atoms with Crippen molar-refractivity contribution in [2.75, 3.05) is 40.5 Å². The Balaban J connectivity index is 2.05. The average Bonchev–Trinajstić information content (AvgIpc) is 3.08. The number of nitrogens with one attached hydrogen (secondary N) is 1. The van der Waals surface area contributed by atoms with Gasteiger partial charge in [0.25, 0.3) is 0 Å². The standard InChI is InChI=1S/C23H30F2N2O3/c1-17(27-15-21(16-29-4)30-23(27)28)6-11-22(18(2)25)20-9-7-19(8-10-20)14-26(3)13-5-12-24/h6-11,21H,1,5,12-16H2,2-4H3/p+1/b11-6-,22-18-. The van der Waals surface area contributed by atoms with E-state index in [1.54, 1.807) is 19.3 Å². The molecule has 2 atom stereocenters. The minimum Gasteiger partial charge on any atom is -0.441 e. The molecule has 1 aromatic carbocycles. The van der Waals surface area contributed by atoms with E-state index >= 15 is 0 Å². The number of allylic oxidation sites excluding steroid dienone is 4. The number of carbonyl (C=O) groups is 1. The fourth-order valence-corrected chi connectivity index (χ4v) is 3.32. The Morgan fingerprint density at radius 2 is 2.07 bits per heavy atom. The third kappa shape index (κ3) is 6.78. The van der Waals surface area contributed by atoms with E-state index in [0.717, 1.165) is 24.2 Å². The smallest absolute Gasteiger partial charge is 0.414 e. The molecule has 164 valence electrons. The molecule has 0 aliphatic carbocycles. The zero-order valence-electron chi connectivity index (χ0n) is 17.9. The van der Waals surface area contributed by atoms with E-state index in [1.165, 1.54) is 16.7 Å². The first kappa shape index (κ1) is 23.8. The fraction of sp³-hybridized carbons (Fsp3) is 0.435. The number of methoxy groups -OCH3 is 1. The van der Waals surface area contributed by atoms with Gasteiger partial charge in [-0.15, -0.1) is 0 Å². The van der Waals surface area contributed by atoms with E-state index < -0.39 is 6.09 Å². The largest absolute Gasteiger partial charge is 0.441 e. The maximum atomic E-state index is 14.2. The molecule has 1 aliphatic rings. The maximum absolute atomic E-state index is 14.2. The van der Waals surface area contributed by atoms with Gasteiger partial charge in [0.1, 0.15) is 18.5 Å². The quantitative estimate of drug-likeness (QED) is 0.558. The summed E-state index contributed by atoms with van der Waals surface area (Å²) < 4.78 is 36.7. The summed E-state index contributed by atoms with van der Waals surface area (Å²) in [6.07, 6.45) is 2.93. The van der Waals surface area contributed by atoms with Crippen molar-refractivity contribution >= 4 is 11.7 Å². The van der Waals surface area contributed by atoms with Crippen LogP contribution >= 0.6 is 0 Å². The zero-order valence-corrected chi connectivity index (χ0v) is 17.9. The lowest BCUT2D eigenvalue weighted by Crippen LogP contribution is -3.07. The molecular formula is C23H31F2N2O3+. The molecule has 1 saturated heterocycles. The third-order valence-corrected chi connectivity index (χ3v) is 4.89. The van der Waals surface area contributed by atoms with Crippen LogP contribution < -0.4 is 4.90 Å². The van der Waals surface area contributed by atoms with Crippen LogP contribution in [0.3, 0.4) is 0 Å². The summed E-state index contributed by atoms with van der Waals surface area (Å²) in [7, 11) is 3.57. The van der Waals surface area contributed by atoms with Crippen LogP contribution in [0.4, 0.5) is 13.6 Å². The van der Waals surface area contributed by atoms with Crippen molar-refractivity contribution in [3.05, 3.63) is 65.6 Å². The third-order valence-electron chi connectivity index (χ3n) is 4.89. The molecule has 0 saturated carbocycles. The Kier molecular flexibility index (Phi) is 9.20. The highest BCUT2D eigenvalue weighted by Gasteiger charge is 2.32. The number of quaternary nitrogens is 1. The molecule has 30 heavy (non-hydrogen) atoms. The summed E-state index contributed by atoms with van der Waals surface area (Å²) in [5.41, 5.74) is 2.67. The van der Waals surface area contributed by atoms with Gasteiger partial charge in [-0.3, -0.25) is 9.29 Å². The van der Waals surface area contributed by atoms with Crippen LogP contribution in [0, 0.1) is 0 Å². The van der Waals surface area contributed by atoms with E-state index in [0.29, 0.717) is 30.8 Å². The topological polar surface area (TPSA) is 43.2 Å². The van der Waals surface area contributed by atoms with Gasteiger partial charge in [-0.25, -0.2) is 9.18 Å². The second kappa shape index (κ2) is 11.6. The highest BCUT2D eigenvalue weighted by atomic mass is 19.1. The number of amides is 1. The predicted molar refractivity (Wildman–Crippen MR) is 113 cm³/mol. The van der Waals surface area contributed by atoms with Gasteiger partial charge in [-0.1, -0.05) is 30.8 Å². The predicted octanol–water partition coefficient (Wildman–Crippen LogP) is 3.30. The Bertz CT molecular complexity index is 786. The Morgan fingerprint density at radius 1 is 1.37 bits per heavy atom. The fourth-order valence-electron chi connectivity index (χ4n) is 3.32. The van der Waals surface area contributed by atoms with E-state index in [-0.39, 0.29) is 18.6 Å². The molecule has 2 unspecified atom stereocenters. The number of carbonyl (C=O) groups excluding carboxylic acids is 1. The number of nitrogens with zero attached hydrogens (tertiary/aromatic N) is 1. The molecule has 5 nitrogen and oxygen atoms in total. The lowest BCUT2D eigenvalue weighted by molar-refractivity contribution is -0.893. The summed E-state index contributed by atoms with van der Waals surface area (Å²) >= 11 is 0. The van der Waals surface area contributed by atoms with Gasteiger partial charge in [0, 0.05) is 30.4 Å². The molecule has 1 aromatic rings. The highest BCUT2D eigenvalue weighted by molar-refractivity contribution is 5.77. The molecule has 0 radical (unpaired) electrons. The molecule has 0 spiro atoms. The molecule has 0 bridgehead atoms. The minimum atomic E-state index is -0.488. The van der Waals surface area contributed by atoms with Gasteiger partial charge in [-0.05, 0) is 24.6 Å². The van der Waals surface area contributed by atoms with Crippen molar-refractivity contribution in [3.63, 3.8) is 0 Å². The van der Waals surface area contributed by atoms with Crippen LogP contribution in [0.1, 0.15) is 24.5 Å². The molecule has 1 aliphatic heterocycles. The number of hydrogen-bond acceptors (Lipinski definition) is 3. The number of alkyl halides is 1. The van der Waals surface area contributed by atoms with Gasteiger partial charge in [0.15, 0.2) is 0 Å². The SMILES string of the molecule is C=C(/C=C\C(=C(/C)F)c1ccc(C[NH+](C)CCCF)cc1)N1CC(COC)OC1=O. The van der Waals surface area contributed by atoms with Crippen molar-refractivity contribution in [3.8, 4) is 0 Å². The lowest BCUT2D eigenvalue weighted by Gasteiger charge is -2.14. The van der Waals surface area contributed by atoms with E-state index in [2.05, 4.69) is 6.58 Å². The number of ether oxygens (including phenoxy) is 2. The van der Waals surface area contributed by atoms with Crippen LogP contribution in [0.2, 0.25) is 0 Å². The molecule has 2 rings (SSSR count). The van der Waals surface area contributed by atoms with E-state index in [9.17, 15) is 13.6 Å². The number of rotatable bonds is 11. The molecule has 1 N–H and O–H groups in total. The Labute approximate surface area is 177 Å². The van der Waals surface area contributed by atoms with E-state index in [4.69, 9.17) is 9.47 Å². The summed E-state index contributed by atoms with van der Waals surface area (Å²) in [4.78, 5) is 14.6. The normalized spacial score (nSPS) is 18.5. The van der Waals surface area contributed by atoms with Crippen molar-refractivity contribution in [2.45, 2.75) is 26.0 Å². The molecule has 7 heteroatoms. The van der Waals surface area contributed by atoms with Gasteiger partial charge < -0.3 is 14.4 Å². The average molecular weight is 422 g/mol. The molecule has 1 amide bonds. The van der Waals surface area contributed by atoms with Crippen LogP contribution in [0.15, 0.2) is 54.5 Å². The van der Waals surface area contributed by atoms with E-state index in [1.807, 2.05) is 31.3 Å². The van der Waals surface area contributed by atoms with Crippen molar-refractivity contribution < 1.29 is 27.9 Å². The van der Waals surface area contributed by atoms with Crippen molar-refractivity contribution in [1.82, 2.24) is 4.90 Å². The first-order valence-electron chi connectivity index (χ1n) is 10.0. The minimum absolute atomic E-state index is 0.306. The van der Waals surface area contributed by atoms with Crippen molar-refractivity contribution in [1.29, 1.82) is 0 Å². The van der Waals surface area contributed by atoms with Gasteiger partial charge in [0.2, 0.25) is 0 Å². The number of benzene rings is 1. The van der Waals surface area contributed by atoms with Gasteiger partial charge in [0.05, 0.1) is 33.4 Å². The van der Waals surface area contributed by atoms with Crippen LogP contribution in [0.5, 0.6) is 0 Å². The molecular weight excluding hydrogens is 390 g/mol. The maximum Gasteiger partial charge on any atom is 0.414 e. The number of cyclic esters (lactones) is 1. The number of hydrogen-bond donors (Lipinski definition) is 1.